The number of likely N-dealkylation sites (tertiary alicyclic amines) is 1. The fourth-order valence-corrected chi connectivity index (χ4v) is 6.33. The first kappa shape index (κ1) is 44.1. The van der Waals surface area contributed by atoms with E-state index >= 15 is 0 Å². The quantitative estimate of drug-likeness (QED) is 0.0691. The van der Waals surface area contributed by atoms with Crippen LogP contribution in [0.15, 0.2) is 30.3 Å². The predicted molar refractivity (Wildman–Crippen MR) is 198 cm³/mol. The molecule has 0 saturated carbocycles. The normalized spacial score (nSPS) is 17.1. The highest BCUT2D eigenvalue weighted by molar-refractivity contribution is 5.96. The van der Waals surface area contributed by atoms with Gasteiger partial charge in [-0.3, -0.25) is 24.0 Å². The SMILES string of the molecule is CCC[C@H](NC(=O)[C@@H](N)CC(C)C)C(=O)N[C@@H](CCCCN)C(=O)N[C@@H](CCCCN)C(=O)N1CCC[C@H]1C(=O)N[C@@H](Cc1ccccc1)C(=O)O. The Hall–Kier alpha value is -4.08. The third kappa shape index (κ3) is 14.9. The number of unbranched alkanes of at least 4 members (excludes halogenated alkanes) is 2. The number of carbonyl (C=O) groups is 6. The van der Waals surface area contributed by atoms with Crippen LogP contribution in [0.3, 0.4) is 0 Å². The number of nitrogens with two attached hydrogens (primary N) is 3. The van der Waals surface area contributed by atoms with Gasteiger partial charge in [-0.25, -0.2) is 4.79 Å². The second-order valence-corrected chi connectivity index (χ2v) is 14.1. The smallest absolute Gasteiger partial charge is 0.326 e. The summed E-state index contributed by atoms with van der Waals surface area (Å²) in [6, 6.07) is 3.06. The van der Waals surface area contributed by atoms with E-state index in [9.17, 15) is 33.9 Å². The minimum atomic E-state index is -1.20. The lowest BCUT2D eigenvalue weighted by Crippen LogP contribution is -2.59. The van der Waals surface area contributed by atoms with Crippen LogP contribution in [0.4, 0.5) is 0 Å². The van der Waals surface area contributed by atoms with Gasteiger partial charge in [0, 0.05) is 13.0 Å². The van der Waals surface area contributed by atoms with Crippen LogP contribution in [-0.4, -0.2) is 101 Å². The van der Waals surface area contributed by atoms with Crippen LogP contribution in [-0.2, 0) is 35.2 Å². The zero-order chi connectivity index (χ0) is 38.6. The van der Waals surface area contributed by atoms with Gasteiger partial charge < -0.3 is 48.5 Å². The average Bonchev–Trinajstić information content (AvgIpc) is 3.60. The molecule has 1 aromatic carbocycles. The number of nitrogens with zero attached hydrogens (tertiary/aromatic N) is 1. The fraction of sp³-hybridized carbons (Fsp3) is 0.676. The van der Waals surface area contributed by atoms with Crippen molar-refractivity contribution in [2.45, 2.75) is 134 Å². The van der Waals surface area contributed by atoms with Gasteiger partial charge in [0.1, 0.15) is 30.2 Å². The lowest BCUT2D eigenvalue weighted by molar-refractivity contribution is -0.145. The summed E-state index contributed by atoms with van der Waals surface area (Å²) >= 11 is 0. The maximum atomic E-state index is 14.1. The molecule has 0 aromatic heterocycles. The molecule has 1 saturated heterocycles. The number of nitrogens with one attached hydrogen (secondary N) is 4. The monoisotopic (exact) mass is 730 g/mol. The first-order chi connectivity index (χ1) is 24.8. The van der Waals surface area contributed by atoms with Crippen molar-refractivity contribution >= 4 is 35.5 Å². The predicted octanol–water partition coefficient (Wildman–Crippen LogP) is 0.675. The number of benzene rings is 1. The highest BCUT2D eigenvalue weighted by Crippen LogP contribution is 2.21. The third-order valence-electron chi connectivity index (χ3n) is 9.15. The average molecular weight is 731 g/mol. The van der Waals surface area contributed by atoms with E-state index in [1.54, 1.807) is 24.3 Å². The van der Waals surface area contributed by atoms with Gasteiger partial charge in [-0.05, 0) is 88.8 Å². The summed E-state index contributed by atoms with van der Waals surface area (Å²) in [5.74, 6) is -3.63. The molecule has 2 rings (SSSR count). The first-order valence-corrected chi connectivity index (χ1v) is 18.8. The number of hydrogen-bond acceptors (Lipinski definition) is 9. The van der Waals surface area contributed by atoms with Crippen LogP contribution in [0.2, 0.25) is 0 Å². The maximum Gasteiger partial charge on any atom is 0.326 e. The molecular weight excluding hydrogens is 668 g/mol. The maximum absolute atomic E-state index is 14.1. The van der Waals surface area contributed by atoms with Crippen LogP contribution in [0.1, 0.15) is 97.0 Å². The summed E-state index contributed by atoms with van der Waals surface area (Å²) in [5, 5.41) is 20.8. The van der Waals surface area contributed by atoms with Gasteiger partial charge in [0.05, 0.1) is 6.04 Å². The molecule has 5 amide bonds. The number of carbonyl (C=O) groups excluding carboxylic acids is 5. The van der Waals surface area contributed by atoms with E-state index in [4.69, 9.17) is 17.2 Å². The molecule has 292 valence electrons. The van der Waals surface area contributed by atoms with Crippen molar-refractivity contribution in [3.8, 4) is 0 Å². The van der Waals surface area contributed by atoms with Crippen molar-refractivity contribution in [3.05, 3.63) is 35.9 Å². The fourth-order valence-electron chi connectivity index (χ4n) is 6.33. The summed E-state index contributed by atoms with van der Waals surface area (Å²) in [6.07, 6.45) is 5.01. The molecular formula is C37H62N8O7. The van der Waals surface area contributed by atoms with Crippen molar-refractivity contribution in [1.82, 2.24) is 26.2 Å². The molecule has 0 bridgehead atoms. The van der Waals surface area contributed by atoms with E-state index in [2.05, 4.69) is 21.3 Å². The molecule has 1 aliphatic heterocycles. The molecule has 1 aromatic rings. The van der Waals surface area contributed by atoms with Crippen LogP contribution in [0.25, 0.3) is 0 Å². The van der Waals surface area contributed by atoms with E-state index in [1.807, 2.05) is 26.8 Å². The number of carboxylic acid groups (broad SMARTS) is 1. The molecule has 15 nitrogen and oxygen atoms in total. The molecule has 0 radical (unpaired) electrons. The Morgan fingerprint density at radius 1 is 0.788 bits per heavy atom. The van der Waals surface area contributed by atoms with E-state index in [1.165, 1.54) is 4.90 Å². The largest absolute Gasteiger partial charge is 0.480 e. The molecule has 0 unspecified atom stereocenters. The van der Waals surface area contributed by atoms with Gasteiger partial charge in [0.2, 0.25) is 29.5 Å². The molecule has 1 fully saturated rings. The molecule has 1 aliphatic rings. The molecule has 0 aliphatic carbocycles. The van der Waals surface area contributed by atoms with Gasteiger partial charge in [-0.2, -0.15) is 0 Å². The van der Waals surface area contributed by atoms with Gasteiger partial charge in [0.15, 0.2) is 0 Å². The summed E-state index contributed by atoms with van der Waals surface area (Å²) < 4.78 is 0. The molecule has 11 N–H and O–H groups in total. The third-order valence-corrected chi connectivity index (χ3v) is 9.15. The molecule has 6 atom stereocenters. The Morgan fingerprint density at radius 3 is 1.90 bits per heavy atom. The van der Waals surface area contributed by atoms with Crippen molar-refractivity contribution in [2.75, 3.05) is 19.6 Å². The summed E-state index contributed by atoms with van der Waals surface area (Å²) in [5.41, 5.74) is 18.2. The number of amides is 5. The van der Waals surface area contributed by atoms with Crippen molar-refractivity contribution < 1.29 is 33.9 Å². The minimum Gasteiger partial charge on any atom is -0.480 e. The Morgan fingerprint density at radius 2 is 1.35 bits per heavy atom. The highest BCUT2D eigenvalue weighted by atomic mass is 16.4. The lowest BCUT2D eigenvalue weighted by atomic mass is 10.0. The number of carboxylic acids is 1. The standard InChI is InChI=1S/C37H62N8O7/c1-4-13-27(41-32(46)26(40)22-24(2)3)33(47)42-28(16-8-10-19-38)34(48)43-29(17-9-11-20-39)36(50)45-21-12-18-31(45)35(49)44-30(37(51)52)23-25-14-6-5-7-15-25/h5-7,14-15,24,26-31H,4,8-13,16-23,38-40H2,1-3H3,(H,41,46)(H,42,47)(H,43,48)(H,44,49)(H,51,52)/t26-,27-,28-,29-,30-,31-/m0/s1. The van der Waals surface area contributed by atoms with E-state index in [0.717, 1.165) is 5.56 Å². The van der Waals surface area contributed by atoms with Gasteiger partial charge in [-0.1, -0.05) is 57.5 Å². The number of rotatable bonds is 24. The summed E-state index contributed by atoms with van der Waals surface area (Å²) in [7, 11) is 0. The Bertz CT molecular complexity index is 1300. The van der Waals surface area contributed by atoms with Gasteiger partial charge >= 0.3 is 5.97 Å². The number of hydrogen-bond donors (Lipinski definition) is 8. The topological polar surface area (TPSA) is 252 Å². The van der Waals surface area contributed by atoms with Gasteiger partial charge in [-0.15, -0.1) is 0 Å². The Kier molecular flexibility index (Phi) is 19.9. The van der Waals surface area contributed by atoms with E-state index in [0.29, 0.717) is 70.9 Å². The highest BCUT2D eigenvalue weighted by Gasteiger charge is 2.39. The zero-order valence-corrected chi connectivity index (χ0v) is 31.1. The molecule has 15 heteroatoms. The van der Waals surface area contributed by atoms with Crippen molar-refractivity contribution in [3.63, 3.8) is 0 Å². The lowest BCUT2D eigenvalue weighted by Gasteiger charge is -2.31. The van der Waals surface area contributed by atoms with Crippen LogP contribution < -0.4 is 38.5 Å². The van der Waals surface area contributed by atoms with Crippen molar-refractivity contribution in [1.29, 1.82) is 0 Å². The second-order valence-electron chi connectivity index (χ2n) is 14.1. The summed E-state index contributed by atoms with van der Waals surface area (Å²) in [6.45, 7) is 6.79. The second kappa shape index (κ2) is 23.5. The summed E-state index contributed by atoms with van der Waals surface area (Å²) in [4.78, 5) is 81.2. The molecule has 52 heavy (non-hydrogen) atoms. The molecule has 1 heterocycles. The van der Waals surface area contributed by atoms with Crippen LogP contribution >= 0.6 is 0 Å². The van der Waals surface area contributed by atoms with Gasteiger partial charge in [0.25, 0.3) is 0 Å². The molecule has 0 spiro atoms. The van der Waals surface area contributed by atoms with Crippen LogP contribution in [0, 0.1) is 5.92 Å². The van der Waals surface area contributed by atoms with E-state index in [-0.39, 0.29) is 31.7 Å². The zero-order valence-electron chi connectivity index (χ0n) is 31.1. The Balaban J connectivity index is 2.24. The van der Waals surface area contributed by atoms with Crippen LogP contribution in [0.5, 0.6) is 0 Å². The number of aliphatic carboxylic acids is 1. The first-order valence-electron chi connectivity index (χ1n) is 18.8. The minimum absolute atomic E-state index is 0.0746. The van der Waals surface area contributed by atoms with E-state index < -0.39 is 71.8 Å². The van der Waals surface area contributed by atoms with Crippen molar-refractivity contribution in [2.24, 2.45) is 23.1 Å². The Labute approximate surface area is 307 Å².